The average molecular weight is 468 g/mol. The van der Waals surface area contributed by atoms with E-state index in [9.17, 15) is 9.50 Å². The van der Waals surface area contributed by atoms with Crippen molar-refractivity contribution in [3.05, 3.63) is 58.2 Å². The van der Waals surface area contributed by atoms with Crippen LogP contribution in [0.4, 0.5) is 10.2 Å². The van der Waals surface area contributed by atoms with E-state index >= 15 is 0 Å². The molecule has 3 rings (SSSR count). The number of hydrogen-bond acceptors (Lipinski definition) is 6. The number of halogens is 3. The van der Waals surface area contributed by atoms with Crippen LogP contribution in [-0.2, 0) is 6.54 Å². The second kappa shape index (κ2) is 10.3. The summed E-state index contributed by atoms with van der Waals surface area (Å²) < 4.78 is 21.6. The van der Waals surface area contributed by atoms with E-state index in [4.69, 9.17) is 39.4 Å². The van der Waals surface area contributed by atoms with Gasteiger partial charge in [-0.15, -0.1) is 0 Å². The number of aliphatic hydroxyl groups is 1. The number of hydrogen-bond donors (Lipinski definition) is 3. The van der Waals surface area contributed by atoms with Gasteiger partial charge in [-0.25, -0.2) is 9.37 Å². The van der Waals surface area contributed by atoms with Gasteiger partial charge in [-0.2, -0.15) is 5.10 Å². The molecule has 2 unspecified atom stereocenters. The highest BCUT2D eigenvalue weighted by Crippen LogP contribution is 2.36. The molecule has 0 spiro atoms. The van der Waals surface area contributed by atoms with Crippen LogP contribution in [0.5, 0.6) is 5.75 Å². The summed E-state index contributed by atoms with van der Waals surface area (Å²) in [6.07, 6.45) is 5.39. The van der Waals surface area contributed by atoms with Gasteiger partial charge in [0, 0.05) is 47.2 Å². The first kappa shape index (κ1) is 23.3. The lowest BCUT2D eigenvalue weighted by atomic mass is 10.1. The van der Waals surface area contributed by atoms with E-state index in [0.717, 1.165) is 17.5 Å². The minimum Gasteiger partial charge on any atom is -0.482 e. The summed E-state index contributed by atoms with van der Waals surface area (Å²) in [5.74, 6) is -0.0783. The molecule has 31 heavy (non-hydrogen) atoms. The van der Waals surface area contributed by atoms with Crippen molar-refractivity contribution in [3.8, 4) is 16.9 Å². The molecule has 7 nitrogen and oxygen atoms in total. The molecule has 0 radical (unpaired) electrons. The summed E-state index contributed by atoms with van der Waals surface area (Å²) in [6, 6.07) is 4.36. The average Bonchev–Trinajstić information content (AvgIpc) is 3.21. The van der Waals surface area contributed by atoms with Gasteiger partial charge >= 0.3 is 0 Å². The molecular weight excluding hydrogens is 444 g/mol. The number of nitrogen functional groups attached to an aromatic ring is 1. The van der Waals surface area contributed by atoms with Gasteiger partial charge in [-0.3, -0.25) is 4.68 Å². The molecule has 0 fully saturated rings. The van der Waals surface area contributed by atoms with Crippen LogP contribution in [0.25, 0.3) is 11.1 Å². The van der Waals surface area contributed by atoms with Crippen LogP contribution in [0.2, 0.25) is 10.0 Å². The van der Waals surface area contributed by atoms with Gasteiger partial charge in [0.25, 0.3) is 0 Å². The number of aryl methyl sites for hydroxylation is 1. The number of aliphatic hydroxyl groups excluding tert-OH is 1. The molecule has 0 aliphatic heterocycles. The van der Waals surface area contributed by atoms with Gasteiger partial charge in [0.1, 0.15) is 11.9 Å². The molecule has 2 aromatic heterocycles. The van der Waals surface area contributed by atoms with E-state index in [1.165, 1.54) is 12.1 Å². The van der Waals surface area contributed by atoms with Crippen LogP contribution >= 0.6 is 23.2 Å². The first-order chi connectivity index (χ1) is 14.8. The maximum atomic E-state index is 13.9. The van der Waals surface area contributed by atoms with Crippen LogP contribution in [0, 0.1) is 5.82 Å². The zero-order valence-corrected chi connectivity index (χ0v) is 18.4. The Morgan fingerprint density at radius 1 is 1.26 bits per heavy atom. The van der Waals surface area contributed by atoms with Gasteiger partial charge in [-0.1, -0.05) is 23.2 Å². The van der Waals surface area contributed by atoms with E-state index < -0.39 is 18.0 Å². The Kier molecular flexibility index (Phi) is 7.72. The second-order valence-corrected chi connectivity index (χ2v) is 7.93. The molecule has 0 saturated heterocycles. The smallest absolute Gasteiger partial charge is 0.166 e. The standard InChI is InChI=1S/C21H24Cl2FN5O2/c1-12(19-16(22)4-5-17(24)20(19)23)31-18-7-13(9-27-21(18)26)14-10-28-29(11-14)6-2-3-15(30)8-25/h4-5,7,9-12,15,30H,2-3,6,8,25H2,1H3,(H2,26,27). The fourth-order valence-electron chi connectivity index (χ4n) is 3.11. The maximum absolute atomic E-state index is 13.9. The van der Waals surface area contributed by atoms with E-state index in [2.05, 4.69) is 10.1 Å². The normalized spacial score (nSPS) is 13.2. The number of aromatic nitrogens is 3. The minimum atomic E-state index is -0.660. The number of anilines is 1. The Labute approximate surface area is 189 Å². The molecule has 0 amide bonds. The molecular formula is C21H24Cl2FN5O2. The van der Waals surface area contributed by atoms with Crippen molar-refractivity contribution < 1.29 is 14.2 Å². The Hall–Kier alpha value is -2.39. The molecule has 2 atom stereocenters. The van der Waals surface area contributed by atoms with Gasteiger partial charge in [0.05, 0.1) is 17.3 Å². The van der Waals surface area contributed by atoms with Crippen molar-refractivity contribution in [1.82, 2.24) is 14.8 Å². The fraction of sp³-hybridized carbons (Fsp3) is 0.333. The second-order valence-electron chi connectivity index (χ2n) is 7.15. The van der Waals surface area contributed by atoms with Crippen molar-refractivity contribution >= 4 is 29.0 Å². The third-order valence-electron chi connectivity index (χ3n) is 4.83. The number of nitrogens with two attached hydrogens (primary N) is 2. The lowest BCUT2D eigenvalue weighted by molar-refractivity contribution is 0.167. The molecule has 0 aliphatic carbocycles. The van der Waals surface area contributed by atoms with Crippen LogP contribution in [0.15, 0.2) is 36.8 Å². The van der Waals surface area contributed by atoms with Crippen molar-refractivity contribution in [2.45, 2.75) is 38.5 Å². The summed E-state index contributed by atoms with van der Waals surface area (Å²) >= 11 is 12.3. The summed E-state index contributed by atoms with van der Waals surface area (Å²) in [6.45, 7) is 2.59. The monoisotopic (exact) mass is 467 g/mol. The van der Waals surface area contributed by atoms with E-state index in [-0.39, 0.29) is 17.4 Å². The van der Waals surface area contributed by atoms with Gasteiger partial charge < -0.3 is 21.3 Å². The fourth-order valence-corrected chi connectivity index (χ4v) is 3.79. The number of nitrogens with zero attached hydrogens (tertiary/aromatic N) is 3. The lowest BCUT2D eigenvalue weighted by Crippen LogP contribution is -2.19. The van der Waals surface area contributed by atoms with Gasteiger partial charge in [0.2, 0.25) is 0 Å². The molecule has 10 heteroatoms. The summed E-state index contributed by atoms with van der Waals surface area (Å²) in [5, 5.41) is 14.1. The quantitative estimate of drug-likeness (QED) is 0.406. The van der Waals surface area contributed by atoms with Crippen molar-refractivity contribution in [2.75, 3.05) is 12.3 Å². The van der Waals surface area contributed by atoms with Crippen molar-refractivity contribution in [3.63, 3.8) is 0 Å². The Morgan fingerprint density at radius 3 is 2.77 bits per heavy atom. The van der Waals surface area contributed by atoms with E-state index in [1.54, 1.807) is 30.1 Å². The summed E-state index contributed by atoms with van der Waals surface area (Å²) in [7, 11) is 0. The van der Waals surface area contributed by atoms with Crippen molar-refractivity contribution in [1.29, 1.82) is 0 Å². The number of benzene rings is 1. The highest BCUT2D eigenvalue weighted by molar-refractivity contribution is 6.36. The zero-order valence-electron chi connectivity index (χ0n) is 16.9. The molecule has 1 aromatic carbocycles. The SMILES string of the molecule is CC(Oc1cc(-c2cnn(CCCC(O)CN)c2)cnc1N)c1c(Cl)ccc(F)c1Cl. The molecule has 0 saturated carbocycles. The first-order valence-corrected chi connectivity index (χ1v) is 10.5. The third kappa shape index (κ3) is 5.65. The predicted molar refractivity (Wildman–Crippen MR) is 120 cm³/mol. The van der Waals surface area contributed by atoms with E-state index in [1.807, 2.05) is 6.20 Å². The predicted octanol–water partition coefficient (Wildman–Crippen LogP) is 4.21. The Bertz CT molecular complexity index is 1050. The maximum Gasteiger partial charge on any atom is 0.166 e. The number of ether oxygens (including phenoxy) is 1. The zero-order chi connectivity index (χ0) is 22.5. The van der Waals surface area contributed by atoms with Crippen LogP contribution in [0.1, 0.15) is 31.4 Å². The Balaban J connectivity index is 1.76. The molecule has 2 heterocycles. The first-order valence-electron chi connectivity index (χ1n) is 9.76. The van der Waals surface area contributed by atoms with Crippen LogP contribution < -0.4 is 16.2 Å². The molecule has 0 aliphatic rings. The van der Waals surface area contributed by atoms with Crippen LogP contribution in [-0.4, -0.2) is 32.5 Å². The minimum absolute atomic E-state index is 0.0938. The summed E-state index contributed by atoms with van der Waals surface area (Å²) in [5.41, 5.74) is 13.3. The van der Waals surface area contributed by atoms with Gasteiger partial charge in [0.15, 0.2) is 11.6 Å². The van der Waals surface area contributed by atoms with Crippen LogP contribution in [0.3, 0.4) is 0 Å². The summed E-state index contributed by atoms with van der Waals surface area (Å²) in [4.78, 5) is 4.20. The molecule has 5 N–H and O–H groups in total. The number of pyridine rings is 1. The third-order valence-corrected chi connectivity index (χ3v) is 5.55. The molecule has 166 valence electrons. The lowest BCUT2D eigenvalue weighted by Gasteiger charge is -2.19. The van der Waals surface area contributed by atoms with Gasteiger partial charge in [-0.05, 0) is 38.0 Å². The van der Waals surface area contributed by atoms with Crippen molar-refractivity contribution in [2.24, 2.45) is 5.73 Å². The topological polar surface area (TPSA) is 112 Å². The van der Waals surface area contributed by atoms with E-state index in [0.29, 0.717) is 29.3 Å². The Morgan fingerprint density at radius 2 is 2.03 bits per heavy atom. The molecule has 0 bridgehead atoms. The molecule has 3 aromatic rings. The number of rotatable bonds is 9. The largest absolute Gasteiger partial charge is 0.482 e. The highest BCUT2D eigenvalue weighted by Gasteiger charge is 2.20. The highest BCUT2D eigenvalue weighted by atomic mass is 35.5.